The molecule has 5 nitrogen and oxygen atoms in total. The van der Waals surface area contributed by atoms with Crippen LogP contribution in [0.5, 0.6) is 0 Å². The number of carbonyl (C=O) groups excluding carboxylic acids is 1. The fourth-order valence-electron chi connectivity index (χ4n) is 3.94. The molecule has 0 aromatic carbocycles. The zero-order valence-electron chi connectivity index (χ0n) is 17.0. The molecule has 3 atom stereocenters. The molecule has 0 spiro atoms. The number of nitrogens with zero attached hydrogens (tertiary/aromatic N) is 1. The highest BCUT2D eigenvalue weighted by Gasteiger charge is 2.43. The van der Waals surface area contributed by atoms with Gasteiger partial charge in [-0.15, -0.1) is 0 Å². The maximum Gasteiger partial charge on any atom is 0.331 e. The highest BCUT2D eigenvalue weighted by Crippen LogP contribution is 2.35. The number of hydrogen-bond donors (Lipinski definition) is 1. The average molecular weight is 376 g/mol. The summed E-state index contributed by atoms with van der Waals surface area (Å²) < 4.78 is 5.73. The van der Waals surface area contributed by atoms with Gasteiger partial charge in [-0.1, -0.05) is 23.3 Å². The minimum Gasteiger partial charge on any atom is -0.478 e. The Morgan fingerprint density at radius 3 is 2.52 bits per heavy atom. The summed E-state index contributed by atoms with van der Waals surface area (Å²) >= 11 is 0. The molecule has 0 bridgehead atoms. The van der Waals surface area contributed by atoms with Gasteiger partial charge in [-0.25, -0.2) is 4.79 Å². The Balaban J connectivity index is 2.25. The number of aliphatic carboxylic acids is 1. The molecule has 27 heavy (non-hydrogen) atoms. The summed E-state index contributed by atoms with van der Waals surface area (Å²) in [5, 5.41) is 9.36. The third-order valence-corrected chi connectivity index (χ3v) is 5.49. The third-order valence-electron chi connectivity index (χ3n) is 5.49. The molecule has 1 saturated heterocycles. The first kappa shape index (κ1) is 21.4. The quantitative estimate of drug-likeness (QED) is 0.597. The van der Waals surface area contributed by atoms with Crippen LogP contribution in [-0.2, 0) is 14.3 Å². The Kier molecular flexibility index (Phi) is 7.84. The van der Waals surface area contributed by atoms with Crippen LogP contribution in [0.3, 0.4) is 0 Å². The Hall–Kier alpha value is -1.88. The first-order chi connectivity index (χ1) is 12.8. The number of carboxylic acids is 1. The van der Waals surface area contributed by atoms with Crippen LogP contribution >= 0.6 is 0 Å². The van der Waals surface area contributed by atoms with Crippen LogP contribution < -0.4 is 0 Å². The molecular weight excluding hydrogens is 342 g/mol. The molecule has 0 amide bonds. The van der Waals surface area contributed by atoms with Crippen LogP contribution in [-0.4, -0.2) is 48.7 Å². The van der Waals surface area contributed by atoms with Crippen molar-refractivity contribution in [2.45, 2.75) is 58.5 Å². The number of hydrogen-bond acceptors (Lipinski definition) is 4. The number of rotatable bonds is 3. The zero-order chi connectivity index (χ0) is 20.0. The molecule has 0 saturated carbocycles. The summed E-state index contributed by atoms with van der Waals surface area (Å²) in [6.07, 6.45) is 10.5. The minimum atomic E-state index is -0.828. The monoisotopic (exact) mass is 375 g/mol. The standard InChI is InChI=1S/C22H33NO4/c1-15-7-5-9-17(21(24)25)10-6-8-16(2)13-20-18(12-11-15)19(14-23(3)4)22(26)27-20/h7,10,13,18-20H,5-6,8-9,11-12,14H2,1-4H3,(H,24,25)/b15-7+,16-13+,17-10-/t18-,19-,20-/m0/s1. The molecule has 0 unspecified atom stereocenters. The predicted octanol–water partition coefficient (Wildman–Crippen LogP) is 3.96. The van der Waals surface area contributed by atoms with Crippen LogP contribution in [0.25, 0.3) is 0 Å². The lowest BCUT2D eigenvalue weighted by Crippen LogP contribution is -2.30. The van der Waals surface area contributed by atoms with Crippen LogP contribution in [0.4, 0.5) is 0 Å². The van der Waals surface area contributed by atoms with Crippen molar-refractivity contribution in [2.75, 3.05) is 20.6 Å². The topological polar surface area (TPSA) is 66.8 Å². The highest BCUT2D eigenvalue weighted by atomic mass is 16.6. The van der Waals surface area contributed by atoms with E-state index in [2.05, 4.69) is 24.0 Å². The first-order valence-corrected chi connectivity index (χ1v) is 9.88. The van der Waals surface area contributed by atoms with Gasteiger partial charge in [0.15, 0.2) is 0 Å². The smallest absolute Gasteiger partial charge is 0.331 e. The second-order valence-corrected chi connectivity index (χ2v) is 8.15. The van der Waals surface area contributed by atoms with Gasteiger partial charge in [0.1, 0.15) is 6.10 Å². The summed E-state index contributed by atoms with van der Waals surface area (Å²) in [6.45, 7) is 4.83. The van der Waals surface area contributed by atoms with Crippen molar-refractivity contribution in [3.8, 4) is 0 Å². The van der Waals surface area contributed by atoms with Gasteiger partial charge in [0.2, 0.25) is 0 Å². The normalized spacial score (nSPS) is 33.6. The number of carbonyl (C=O) groups is 2. The Morgan fingerprint density at radius 2 is 1.85 bits per heavy atom. The molecule has 150 valence electrons. The van der Waals surface area contributed by atoms with E-state index in [9.17, 15) is 14.7 Å². The largest absolute Gasteiger partial charge is 0.478 e. The zero-order valence-corrected chi connectivity index (χ0v) is 17.0. The lowest BCUT2D eigenvalue weighted by atomic mass is 9.84. The Bertz CT molecular complexity index is 645. The molecule has 1 N–H and O–H groups in total. The number of esters is 1. The van der Waals surface area contributed by atoms with Crippen LogP contribution in [0.1, 0.15) is 52.4 Å². The predicted molar refractivity (Wildman–Crippen MR) is 106 cm³/mol. The fraction of sp³-hybridized carbons (Fsp3) is 0.636. The van der Waals surface area contributed by atoms with Crippen LogP contribution in [0.2, 0.25) is 0 Å². The Morgan fingerprint density at radius 1 is 1.15 bits per heavy atom. The molecule has 1 aliphatic heterocycles. The molecule has 5 heteroatoms. The van der Waals surface area contributed by atoms with Gasteiger partial charge >= 0.3 is 11.9 Å². The summed E-state index contributed by atoms with van der Waals surface area (Å²) in [5.41, 5.74) is 2.88. The summed E-state index contributed by atoms with van der Waals surface area (Å²) in [6, 6.07) is 0. The molecule has 1 aliphatic carbocycles. The lowest BCUT2D eigenvalue weighted by Gasteiger charge is -2.22. The van der Waals surface area contributed by atoms with Gasteiger partial charge in [0.25, 0.3) is 0 Å². The van der Waals surface area contributed by atoms with Crippen molar-refractivity contribution in [1.29, 1.82) is 0 Å². The van der Waals surface area contributed by atoms with E-state index in [1.54, 1.807) is 0 Å². The summed E-state index contributed by atoms with van der Waals surface area (Å²) in [7, 11) is 3.98. The van der Waals surface area contributed by atoms with Crippen molar-refractivity contribution < 1.29 is 19.4 Å². The molecular formula is C22H33NO4. The van der Waals surface area contributed by atoms with E-state index in [-0.39, 0.29) is 23.9 Å². The van der Waals surface area contributed by atoms with Gasteiger partial charge in [-0.3, -0.25) is 4.79 Å². The van der Waals surface area contributed by atoms with Gasteiger partial charge in [0.05, 0.1) is 5.92 Å². The van der Waals surface area contributed by atoms with E-state index in [4.69, 9.17) is 4.74 Å². The van der Waals surface area contributed by atoms with Gasteiger partial charge < -0.3 is 14.7 Å². The minimum absolute atomic E-state index is 0.0896. The van der Waals surface area contributed by atoms with E-state index in [0.717, 1.165) is 31.3 Å². The second-order valence-electron chi connectivity index (χ2n) is 8.15. The molecule has 0 aromatic heterocycles. The summed E-state index contributed by atoms with van der Waals surface area (Å²) in [4.78, 5) is 25.9. The van der Waals surface area contributed by atoms with Crippen molar-refractivity contribution in [2.24, 2.45) is 11.8 Å². The molecule has 2 rings (SSSR count). The molecule has 1 heterocycles. The number of carboxylic acid groups (broad SMARTS) is 1. The number of ether oxygens (including phenoxy) is 1. The van der Waals surface area contributed by atoms with Crippen molar-refractivity contribution in [3.63, 3.8) is 0 Å². The van der Waals surface area contributed by atoms with Gasteiger partial charge in [-0.2, -0.15) is 0 Å². The third kappa shape index (κ3) is 6.35. The Labute approximate surface area is 162 Å². The highest BCUT2D eigenvalue weighted by molar-refractivity contribution is 5.86. The van der Waals surface area contributed by atoms with Crippen molar-refractivity contribution >= 4 is 11.9 Å². The van der Waals surface area contributed by atoms with Crippen molar-refractivity contribution in [3.05, 3.63) is 34.9 Å². The molecule has 0 aromatic rings. The van der Waals surface area contributed by atoms with Crippen LogP contribution in [0.15, 0.2) is 34.9 Å². The molecule has 2 aliphatic rings. The SMILES string of the molecule is C/C1=C\[C@@H]2OC(=O)[C@@H](CN(C)C)[C@@H]2CC/C(C)=C/CC/C(C(=O)O)=C/CC1. The van der Waals surface area contributed by atoms with Gasteiger partial charge in [-0.05, 0) is 72.5 Å². The summed E-state index contributed by atoms with van der Waals surface area (Å²) in [5.74, 6) is -0.826. The van der Waals surface area contributed by atoms with E-state index in [1.807, 2.05) is 27.1 Å². The second kappa shape index (κ2) is 9.88. The first-order valence-electron chi connectivity index (χ1n) is 9.88. The maximum absolute atomic E-state index is 12.5. The van der Waals surface area contributed by atoms with E-state index < -0.39 is 5.97 Å². The average Bonchev–Trinajstić information content (AvgIpc) is 2.85. The molecule has 0 radical (unpaired) electrons. The van der Waals surface area contributed by atoms with E-state index >= 15 is 0 Å². The van der Waals surface area contributed by atoms with E-state index in [1.165, 1.54) is 5.57 Å². The molecule has 1 fully saturated rings. The van der Waals surface area contributed by atoms with Crippen molar-refractivity contribution in [1.82, 2.24) is 4.90 Å². The maximum atomic E-state index is 12.5. The number of allylic oxidation sites excluding steroid dienone is 4. The number of fused-ring (bicyclic) bond motifs is 1. The van der Waals surface area contributed by atoms with Crippen LogP contribution in [0, 0.1) is 11.8 Å². The lowest BCUT2D eigenvalue weighted by molar-refractivity contribution is -0.143. The van der Waals surface area contributed by atoms with Gasteiger partial charge in [0, 0.05) is 18.0 Å². The van der Waals surface area contributed by atoms with E-state index in [0.29, 0.717) is 25.0 Å². The fourth-order valence-corrected chi connectivity index (χ4v) is 3.94.